The highest BCUT2D eigenvalue weighted by Gasteiger charge is 2.20. The van der Waals surface area contributed by atoms with Gasteiger partial charge in [0.1, 0.15) is 12.1 Å². The third-order valence-corrected chi connectivity index (χ3v) is 2.44. The van der Waals surface area contributed by atoms with E-state index in [-0.39, 0.29) is 18.2 Å². The SMILES string of the molecule is Nc1ncnc(NCc2ccccc2F)c1[N+](=O)[O-]. The van der Waals surface area contributed by atoms with Crippen molar-refractivity contribution in [3.8, 4) is 0 Å². The van der Waals surface area contributed by atoms with Crippen LogP contribution in [0.1, 0.15) is 5.56 Å². The second-order valence-electron chi connectivity index (χ2n) is 3.66. The van der Waals surface area contributed by atoms with E-state index in [2.05, 4.69) is 15.3 Å². The molecule has 0 saturated carbocycles. The molecule has 98 valence electrons. The van der Waals surface area contributed by atoms with Crippen molar-refractivity contribution in [2.24, 2.45) is 0 Å². The van der Waals surface area contributed by atoms with Gasteiger partial charge in [0.2, 0.25) is 11.6 Å². The summed E-state index contributed by atoms with van der Waals surface area (Å²) in [7, 11) is 0. The van der Waals surface area contributed by atoms with E-state index >= 15 is 0 Å². The second-order valence-corrected chi connectivity index (χ2v) is 3.66. The molecule has 0 atom stereocenters. The summed E-state index contributed by atoms with van der Waals surface area (Å²) in [6, 6.07) is 6.10. The van der Waals surface area contributed by atoms with Gasteiger partial charge in [-0.25, -0.2) is 14.4 Å². The molecule has 0 aliphatic rings. The Bertz CT molecular complexity index is 620. The first-order chi connectivity index (χ1) is 9.09. The van der Waals surface area contributed by atoms with Gasteiger partial charge in [0.25, 0.3) is 0 Å². The Hall–Kier alpha value is -2.77. The minimum Gasteiger partial charge on any atom is -0.378 e. The topological polar surface area (TPSA) is 107 Å². The quantitative estimate of drug-likeness (QED) is 0.642. The number of aromatic nitrogens is 2. The monoisotopic (exact) mass is 263 g/mol. The normalized spacial score (nSPS) is 10.2. The second kappa shape index (κ2) is 5.25. The molecular weight excluding hydrogens is 253 g/mol. The molecule has 2 rings (SSSR count). The molecule has 3 N–H and O–H groups in total. The number of anilines is 2. The van der Waals surface area contributed by atoms with Crippen molar-refractivity contribution in [3.05, 3.63) is 52.1 Å². The van der Waals surface area contributed by atoms with Gasteiger partial charge < -0.3 is 11.1 Å². The highest BCUT2D eigenvalue weighted by Crippen LogP contribution is 2.26. The van der Waals surface area contributed by atoms with Gasteiger partial charge in [0.15, 0.2) is 0 Å². The van der Waals surface area contributed by atoms with Crippen molar-refractivity contribution in [2.45, 2.75) is 6.54 Å². The lowest BCUT2D eigenvalue weighted by molar-refractivity contribution is -0.383. The number of halogens is 1. The van der Waals surface area contributed by atoms with Crippen LogP contribution in [0.15, 0.2) is 30.6 Å². The fraction of sp³-hybridized carbons (Fsp3) is 0.0909. The number of nitro groups is 1. The Morgan fingerprint density at radius 3 is 2.79 bits per heavy atom. The van der Waals surface area contributed by atoms with Crippen LogP contribution >= 0.6 is 0 Å². The van der Waals surface area contributed by atoms with E-state index in [9.17, 15) is 14.5 Å². The Morgan fingerprint density at radius 2 is 2.11 bits per heavy atom. The summed E-state index contributed by atoms with van der Waals surface area (Å²) in [4.78, 5) is 17.5. The van der Waals surface area contributed by atoms with Gasteiger partial charge >= 0.3 is 5.69 Å². The number of nitrogen functional groups attached to an aromatic ring is 1. The van der Waals surface area contributed by atoms with Crippen LogP contribution in [0.5, 0.6) is 0 Å². The molecule has 19 heavy (non-hydrogen) atoms. The standard InChI is InChI=1S/C11H10FN5O2/c12-8-4-2-1-3-7(8)5-14-11-9(17(18)19)10(13)15-6-16-11/h1-4,6H,5H2,(H3,13,14,15,16). The number of hydrogen-bond acceptors (Lipinski definition) is 6. The van der Waals surface area contributed by atoms with Gasteiger partial charge in [-0.3, -0.25) is 10.1 Å². The summed E-state index contributed by atoms with van der Waals surface area (Å²) < 4.78 is 13.4. The molecule has 1 aromatic heterocycles. The van der Waals surface area contributed by atoms with Crippen LogP contribution in [0.25, 0.3) is 0 Å². The predicted molar refractivity (Wildman–Crippen MR) is 66.8 cm³/mol. The molecule has 1 aromatic carbocycles. The average Bonchev–Trinajstić information content (AvgIpc) is 2.37. The third kappa shape index (κ3) is 2.73. The number of hydrogen-bond donors (Lipinski definition) is 2. The van der Waals surface area contributed by atoms with Crippen molar-refractivity contribution in [2.75, 3.05) is 11.1 Å². The first kappa shape index (κ1) is 12.7. The number of nitrogens with zero attached hydrogens (tertiary/aromatic N) is 3. The third-order valence-electron chi connectivity index (χ3n) is 2.44. The number of nitrogens with two attached hydrogens (primary N) is 1. The largest absolute Gasteiger partial charge is 0.378 e. The summed E-state index contributed by atoms with van der Waals surface area (Å²) in [5.41, 5.74) is 5.37. The summed E-state index contributed by atoms with van der Waals surface area (Å²) in [5.74, 6) is -0.684. The van der Waals surface area contributed by atoms with Crippen molar-refractivity contribution >= 4 is 17.3 Å². The van der Waals surface area contributed by atoms with E-state index in [4.69, 9.17) is 5.73 Å². The van der Waals surface area contributed by atoms with Crippen molar-refractivity contribution in [1.29, 1.82) is 0 Å². The molecule has 0 aliphatic carbocycles. The molecule has 0 fully saturated rings. The van der Waals surface area contributed by atoms with Gasteiger partial charge in [0, 0.05) is 12.1 Å². The van der Waals surface area contributed by atoms with E-state index < -0.39 is 16.4 Å². The Morgan fingerprint density at radius 1 is 1.37 bits per heavy atom. The Balaban J connectivity index is 2.23. The Kier molecular flexibility index (Phi) is 3.51. The van der Waals surface area contributed by atoms with Crippen molar-refractivity contribution in [3.63, 3.8) is 0 Å². The fourth-order valence-corrected chi connectivity index (χ4v) is 1.52. The van der Waals surface area contributed by atoms with Crippen LogP contribution in [0, 0.1) is 15.9 Å². The molecule has 1 heterocycles. The molecule has 0 bridgehead atoms. The van der Waals surface area contributed by atoms with E-state index in [1.165, 1.54) is 6.07 Å². The fourth-order valence-electron chi connectivity index (χ4n) is 1.52. The van der Waals surface area contributed by atoms with Crippen LogP contribution in [-0.4, -0.2) is 14.9 Å². The highest BCUT2D eigenvalue weighted by atomic mass is 19.1. The van der Waals surface area contributed by atoms with Crippen LogP contribution in [0.2, 0.25) is 0 Å². The molecule has 0 spiro atoms. The summed E-state index contributed by atoms with van der Waals surface area (Å²) >= 11 is 0. The van der Waals surface area contributed by atoms with Crippen LogP contribution in [0.3, 0.4) is 0 Å². The van der Waals surface area contributed by atoms with Crippen LogP contribution in [-0.2, 0) is 6.54 Å². The van der Waals surface area contributed by atoms with E-state index in [0.29, 0.717) is 5.56 Å². The average molecular weight is 263 g/mol. The Labute approximate surface area is 107 Å². The molecule has 0 saturated heterocycles. The van der Waals surface area contributed by atoms with Gasteiger partial charge in [-0.2, -0.15) is 0 Å². The van der Waals surface area contributed by atoms with E-state index in [1.54, 1.807) is 18.2 Å². The zero-order valence-corrected chi connectivity index (χ0v) is 9.71. The first-order valence-electron chi connectivity index (χ1n) is 5.31. The molecule has 7 nitrogen and oxygen atoms in total. The molecule has 0 radical (unpaired) electrons. The predicted octanol–water partition coefficient (Wildman–Crippen LogP) is 1.72. The number of benzene rings is 1. The maximum Gasteiger partial charge on any atom is 0.352 e. The van der Waals surface area contributed by atoms with Crippen LogP contribution < -0.4 is 11.1 Å². The smallest absolute Gasteiger partial charge is 0.352 e. The first-order valence-corrected chi connectivity index (χ1v) is 5.31. The lowest BCUT2D eigenvalue weighted by Crippen LogP contribution is -2.08. The van der Waals surface area contributed by atoms with Gasteiger partial charge in [-0.1, -0.05) is 18.2 Å². The molecule has 0 aliphatic heterocycles. The molecule has 8 heteroatoms. The maximum atomic E-state index is 13.4. The van der Waals surface area contributed by atoms with Gasteiger partial charge in [-0.15, -0.1) is 0 Å². The maximum absolute atomic E-state index is 13.4. The highest BCUT2D eigenvalue weighted by molar-refractivity contribution is 5.67. The molecule has 2 aromatic rings. The molecule has 0 amide bonds. The van der Waals surface area contributed by atoms with Crippen molar-refractivity contribution < 1.29 is 9.31 Å². The summed E-state index contributed by atoms with van der Waals surface area (Å²) in [5, 5.41) is 13.5. The minimum atomic E-state index is -0.682. The summed E-state index contributed by atoms with van der Waals surface area (Å²) in [6.45, 7) is 0.0595. The lowest BCUT2D eigenvalue weighted by atomic mass is 10.2. The van der Waals surface area contributed by atoms with Crippen molar-refractivity contribution in [1.82, 2.24) is 9.97 Å². The number of rotatable bonds is 4. The molecule has 0 unspecified atom stereocenters. The minimum absolute atomic E-state index is 0.0410. The van der Waals surface area contributed by atoms with E-state index in [1.807, 2.05) is 0 Å². The molecular formula is C11H10FN5O2. The van der Waals surface area contributed by atoms with Gasteiger partial charge in [-0.05, 0) is 6.07 Å². The van der Waals surface area contributed by atoms with Gasteiger partial charge in [0.05, 0.1) is 4.92 Å². The zero-order valence-electron chi connectivity index (χ0n) is 9.71. The van der Waals surface area contributed by atoms with Crippen LogP contribution in [0.4, 0.5) is 21.7 Å². The number of nitrogens with one attached hydrogen (secondary N) is 1. The lowest BCUT2D eigenvalue weighted by Gasteiger charge is -2.07. The zero-order chi connectivity index (χ0) is 13.8. The summed E-state index contributed by atoms with van der Waals surface area (Å²) in [6.07, 6.45) is 1.10. The van der Waals surface area contributed by atoms with E-state index in [0.717, 1.165) is 6.33 Å².